The Balaban J connectivity index is 1.65. The van der Waals surface area contributed by atoms with Gasteiger partial charge in [-0.05, 0) is 55.9 Å². The summed E-state index contributed by atoms with van der Waals surface area (Å²) in [6, 6.07) is 5.52. The molecule has 4 unspecified atom stereocenters. The van der Waals surface area contributed by atoms with Crippen LogP contribution >= 0.6 is 23.2 Å². The quantitative estimate of drug-likeness (QED) is 0.910. The molecule has 0 radical (unpaired) electrons. The van der Waals surface area contributed by atoms with Gasteiger partial charge in [0.15, 0.2) is 0 Å². The van der Waals surface area contributed by atoms with Gasteiger partial charge in [-0.15, -0.1) is 0 Å². The minimum Gasteiger partial charge on any atom is -0.393 e. The van der Waals surface area contributed by atoms with E-state index in [-0.39, 0.29) is 29.8 Å². The van der Waals surface area contributed by atoms with Gasteiger partial charge in [-0.3, -0.25) is 4.79 Å². The van der Waals surface area contributed by atoms with Crippen LogP contribution in [0.2, 0.25) is 10.0 Å². The Morgan fingerprint density at radius 3 is 2.64 bits per heavy atom. The van der Waals surface area contributed by atoms with Gasteiger partial charge in [0.25, 0.3) is 0 Å². The SMILES string of the molecule is CC(O)C1CCCN(C(=O)C2CC2c2cc(Cl)cc(Cl)c2)C1. The van der Waals surface area contributed by atoms with Crippen LogP contribution < -0.4 is 0 Å². The Morgan fingerprint density at radius 1 is 1.32 bits per heavy atom. The number of aliphatic hydroxyl groups is 1. The van der Waals surface area contributed by atoms with Crippen LogP contribution in [0, 0.1) is 11.8 Å². The minimum atomic E-state index is -0.350. The molecular weight excluding hydrogens is 321 g/mol. The molecule has 0 aromatic heterocycles. The van der Waals surface area contributed by atoms with Crippen molar-refractivity contribution >= 4 is 29.1 Å². The predicted molar refractivity (Wildman–Crippen MR) is 88.3 cm³/mol. The molecule has 1 aliphatic heterocycles. The summed E-state index contributed by atoms with van der Waals surface area (Å²) >= 11 is 12.1. The van der Waals surface area contributed by atoms with Crippen molar-refractivity contribution in [3.63, 3.8) is 0 Å². The highest BCUT2D eigenvalue weighted by molar-refractivity contribution is 6.34. The molecule has 4 atom stereocenters. The molecule has 3 rings (SSSR count). The number of carbonyl (C=O) groups is 1. The van der Waals surface area contributed by atoms with E-state index in [1.807, 2.05) is 24.0 Å². The van der Waals surface area contributed by atoms with Crippen molar-refractivity contribution in [1.82, 2.24) is 4.90 Å². The van der Waals surface area contributed by atoms with Crippen molar-refractivity contribution in [3.8, 4) is 0 Å². The third kappa shape index (κ3) is 3.42. The molecule has 1 aromatic rings. The first-order valence-electron chi connectivity index (χ1n) is 7.88. The highest BCUT2D eigenvalue weighted by atomic mass is 35.5. The average molecular weight is 342 g/mol. The van der Waals surface area contributed by atoms with Crippen LogP contribution in [-0.4, -0.2) is 35.1 Å². The molecular formula is C17H21Cl2NO2. The molecule has 1 N–H and O–H groups in total. The van der Waals surface area contributed by atoms with Crippen LogP contribution in [0.5, 0.6) is 0 Å². The fourth-order valence-electron chi connectivity index (χ4n) is 3.46. The summed E-state index contributed by atoms with van der Waals surface area (Å²) in [5, 5.41) is 11.0. The molecule has 1 amide bonds. The van der Waals surface area contributed by atoms with Crippen LogP contribution in [0.15, 0.2) is 18.2 Å². The maximum absolute atomic E-state index is 12.7. The maximum atomic E-state index is 12.7. The molecule has 120 valence electrons. The van der Waals surface area contributed by atoms with E-state index in [1.165, 1.54) is 0 Å². The first-order valence-corrected chi connectivity index (χ1v) is 8.64. The lowest BCUT2D eigenvalue weighted by atomic mass is 9.93. The first-order chi connectivity index (χ1) is 10.5. The molecule has 1 aromatic carbocycles. The smallest absolute Gasteiger partial charge is 0.226 e. The third-order valence-electron chi connectivity index (χ3n) is 4.87. The van der Waals surface area contributed by atoms with Crippen molar-refractivity contribution in [2.75, 3.05) is 13.1 Å². The molecule has 1 aliphatic carbocycles. The number of rotatable bonds is 3. The Labute approximate surface area is 141 Å². The summed E-state index contributed by atoms with van der Waals surface area (Å²) in [5.74, 6) is 0.694. The molecule has 1 heterocycles. The number of amides is 1. The number of carbonyl (C=O) groups excluding carboxylic acids is 1. The van der Waals surface area contributed by atoms with Crippen LogP contribution in [0.3, 0.4) is 0 Å². The van der Waals surface area contributed by atoms with E-state index in [4.69, 9.17) is 23.2 Å². The summed E-state index contributed by atoms with van der Waals surface area (Å²) in [7, 11) is 0. The van der Waals surface area contributed by atoms with Crippen molar-refractivity contribution in [3.05, 3.63) is 33.8 Å². The second-order valence-electron chi connectivity index (χ2n) is 6.58. The monoisotopic (exact) mass is 341 g/mol. The number of nitrogens with zero attached hydrogens (tertiary/aromatic N) is 1. The number of aliphatic hydroxyl groups excluding tert-OH is 1. The highest BCUT2D eigenvalue weighted by Gasteiger charge is 2.46. The van der Waals surface area contributed by atoms with Crippen LogP contribution in [0.1, 0.15) is 37.7 Å². The molecule has 0 spiro atoms. The summed E-state index contributed by atoms with van der Waals surface area (Å²) < 4.78 is 0. The standard InChI is InChI=1S/C17H21Cl2NO2/c1-10(21)11-3-2-4-20(9-11)17(22)16-8-15(16)12-5-13(18)7-14(19)6-12/h5-7,10-11,15-16,21H,2-4,8-9H2,1H3. The van der Waals surface area contributed by atoms with Gasteiger partial charge < -0.3 is 10.0 Å². The second-order valence-corrected chi connectivity index (χ2v) is 7.45. The molecule has 0 bridgehead atoms. The largest absolute Gasteiger partial charge is 0.393 e. The van der Waals surface area contributed by atoms with Gasteiger partial charge in [0.05, 0.1) is 6.10 Å². The lowest BCUT2D eigenvalue weighted by molar-refractivity contribution is -0.135. The Hall–Kier alpha value is -0.770. The number of likely N-dealkylation sites (tertiary alicyclic amines) is 1. The first kappa shape index (κ1) is 16.1. The van der Waals surface area contributed by atoms with Gasteiger partial charge in [0, 0.05) is 35.0 Å². The molecule has 2 aliphatic rings. The van der Waals surface area contributed by atoms with E-state index in [2.05, 4.69) is 0 Å². The Bertz CT molecular complexity index is 556. The van der Waals surface area contributed by atoms with E-state index in [9.17, 15) is 9.90 Å². The van der Waals surface area contributed by atoms with E-state index >= 15 is 0 Å². The number of hydrogen-bond acceptors (Lipinski definition) is 2. The van der Waals surface area contributed by atoms with Gasteiger partial charge in [0.1, 0.15) is 0 Å². The normalized spacial score (nSPS) is 29.3. The van der Waals surface area contributed by atoms with Crippen LogP contribution in [0.25, 0.3) is 0 Å². The highest BCUT2D eigenvalue weighted by Crippen LogP contribution is 2.49. The fraction of sp³-hybridized carbons (Fsp3) is 0.588. The zero-order chi connectivity index (χ0) is 15.9. The average Bonchev–Trinajstić information content (AvgIpc) is 3.26. The molecule has 22 heavy (non-hydrogen) atoms. The summed E-state index contributed by atoms with van der Waals surface area (Å²) in [6.07, 6.45) is 2.49. The number of piperidine rings is 1. The van der Waals surface area contributed by atoms with Gasteiger partial charge in [-0.1, -0.05) is 23.2 Å². The van der Waals surface area contributed by atoms with Crippen LogP contribution in [0.4, 0.5) is 0 Å². The lowest BCUT2D eigenvalue weighted by Crippen LogP contribution is -2.43. The van der Waals surface area contributed by atoms with Crippen molar-refractivity contribution in [2.24, 2.45) is 11.8 Å². The minimum absolute atomic E-state index is 0.0438. The molecule has 3 nitrogen and oxygen atoms in total. The van der Waals surface area contributed by atoms with E-state index in [1.54, 1.807) is 6.07 Å². The van der Waals surface area contributed by atoms with Crippen molar-refractivity contribution in [2.45, 2.75) is 38.2 Å². The molecule has 1 saturated heterocycles. The molecule has 2 fully saturated rings. The second kappa shape index (κ2) is 6.38. The lowest BCUT2D eigenvalue weighted by Gasteiger charge is -2.34. The van der Waals surface area contributed by atoms with E-state index in [0.717, 1.165) is 31.4 Å². The summed E-state index contributed by atoms with van der Waals surface area (Å²) in [4.78, 5) is 14.6. The van der Waals surface area contributed by atoms with E-state index < -0.39 is 0 Å². The summed E-state index contributed by atoms with van der Waals surface area (Å²) in [5.41, 5.74) is 1.06. The molecule has 5 heteroatoms. The maximum Gasteiger partial charge on any atom is 0.226 e. The zero-order valence-electron chi connectivity index (χ0n) is 12.6. The van der Waals surface area contributed by atoms with Crippen LogP contribution in [-0.2, 0) is 4.79 Å². The number of hydrogen-bond donors (Lipinski definition) is 1. The van der Waals surface area contributed by atoms with Gasteiger partial charge >= 0.3 is 0 Å². The predicted octanol–water partition coefficient (Wildman–Crippen LogP) is 3.72. The van der Waals surface area contributed by atoms with Gasteiger partial charge in [-0.25, -0.2) is 0 Å². The molecule has 1 saturated carbocycles. The summed E-state index contributed by atoms with van der Waals surface area (Å²) in [6.45, 7) is 3.30. The Kier molecular flexibility index (Phi) is 4.67. The zero-order valence-corrected chi connectivity index (χ0v) is 14.1. The number of halogens is 2. The van der Waals surface area contributed by atoms with Crippen molar-refractivity contribution < 1.29 is 9.90 Å². The number of benzene rings is 1. The Morgan fingerprint density at radius 2 is 2.00 bits per heavy atom. The fourth-order valence-corrected chi connectivity index (χ4v) is 4.01. The topological polar surface area (TPSA) is 40.5 Å². The third-order valence-corrected chi connectivity index (χ3v) is 5.31. The van der Waals surface area contributed by atoms with Gasteiger partial charge in [0.2, 0.25) is 5.91 Å². The van der Waals surface area contributed by atoms with Crippen molar-refractivity contribution in [1.29, 1.82) is 0 Å². The van der Waals surface area contributed by atoms with Gasteiger partial charge in [-0.2, -0.15) is 0 Å². The van der Waals surface area contributed by atoms with E-state index in [0.29, 0.717) is 16.6 Å².